The monoisotopic (exact) mass is 201 g/mol. The van der Waals surface area contributed by atoms with Crippen molar-refractivity contribution in [1.82, 2.24) is 4.90 Å². The highest BCUT2D eigenvalue weighted by molar-refractivity contribution is 6.21. The molecule has 1 saturated carbocycles. The molecule has 0 aromatic heterocycles. The van der Waals surface area contributed by atoms with Crippen molar-refractivity contribution in [2.45, 2.75) is 32.1 Å². The van der Waals surface area contributed by atoms with Gasteiger partial charge in [0.1, 0.15) is 0 Å². The average molecular weight is 202 g/mol. The first-order valence-corrected chi connectivity index (χ1v) is 5.40. The van der Waals surface area contributed by atoms with Crippen molar-refractivity contribution in [1.29, 1.82) is 0 Å². The van der Waals surface area contributed by atoms with Crippen molar-refractivity contribution in [3.63, 3.8) is 0 Å². The van der Waals surface area contributed by atoms with Crippen LogP contribution in [0.1, 0.15) is 26.7 Å². The largest absolute Gasteiger partial charge is 0.340 e. The quantitative estimate of drug-likeness (QED) is 0.594. The number of amides is 1. The summed E-state index contributed by atoms with van der Waals surface area (Å²) in [5.74, 6) is 0.774. The summed E-state index contributed by atoms with van der Waals surface area (Å²) in [7, 11) is 0. The molecule has 0 bridgehead atoms. The summed E-state index contributed by atoms with van der Waals surface area (Å²) in [6.07, 6.45) is 2.12. The molecule has 1 aliphatic heterocycles. The van der Waals surface area contributed by atoms with Gasteiger partial charge in [-0.3, -0.25) is 4.79 Å². The molecule has 0 N–H and O–H groups in total. The molecule has 0 aromatic rings. The number of carbonyl (C=O) groups excluding carboxylic acids is 1. The van der Waals surface area contributed by atoms with Crippen LogP contribution < -0.4 is 0 Å². The summed E-state index contributed by atoms with van der Waals surface area (Å²) in [6.45, 7) is 5.77. The predicted octanol–water partition coefficient (Wildman–Crippen LogP) is 1.87. The van der Waals surface area contributed by atoms with E-state index in [0.717, 1.165) is 25.9 Å². The van der Waals surface area contributed by atoms with E-state index in [1.807, 2.05) is 4.90 Å². The molecule has 2 aliphatic rings. The number of hydrogen-bond acceptors (Lipinski definition) is 1. The summed E-state index contributed by atoms with van der Waals surface area (Å²) >= 11 is 6.08. The van der Waals surface area contributed by atoms with Crippen LogP contribution in [-0.2, 0) is 4.79 Å². The van der Waals surface area contributed by atoms with Crippen molar-refractivity contribution in [3.8, 4) is 0 Å². The van der Waals surface area contributed by atoms with Gasteiger partial charge in [0.2, 0.25) is 5.91 Å². The molecule has 2 atom stereocenters. The minimum Gasteiger partial charge on any atom is -0.340 e. The molecular formula is C10H16ClNO. The lowest BCUT2D eigenvalue weighted by molar-refractivity contribution is -0.135. The van der Waals surface area contributed by atoms with Gasteiger partial charge < -0.3 is 4.90 Å². The zero-order chi connectivity index (χ0) is 9.64. The van der Waals surface area contributed by atoms with E-state index in [0.29, 0.717) is 11.8 Å². The van der Waals surface area contributed by atoms with Gasteiger partial charge in [-0.05, 0) is 18.8 Å². The van der Waals surface area contributed by atoms with Crippen molar-refractivity contribution < 1.29 is 4.79 Å². The van der Waals surface area contributed by atoms with Gasteiger partial charge in [0.05, 0.1) is 5.38 Å². The molecule has 13 heavy (non-hydrogen) atoms. The lowest BCUT2D eigenvalue weighted by atomic mass is 10.1. The molecule has 1 amide bonds. The fraction of sp³-hybridized carbons (Fsp3) is 0.900. The van der Waals surface area contributed by atoms with E-state index in [-0.39, 0.29) is 10.8 Å². The second-order valence-electron chi connectivity index (χ2n) is 4.76. The van der Waals surface area contributed by atoms with E-state index >= 15 is 0 Å². The Morgan fingerprint density at radius 1 is 1.46 bits per heavy atom. The van der Waals surface area contributed by atoms with Crippen LogP contribution in [0.3, 0.4) is 0 Å². The highest BCUT2D eigenvalue weighted by Gasteiger charge is 2.48. The average Bonchev–Trinajstić information content (AvgIpc) is 2.74. The number of carbonyl (C=O) groups is 1. The fourth-order valence-corrected chi connectivity index (χ4v) is 2.12. The standard InChI is InChI=1S/C10H16ClNO/c1-7-5-12(6-8(7)11)9(13)10(2)3-4-10/h7-8H,3-6H2,1-2H3. The van der Waals surface area contributed by atoms with E-state index in [1.54, 1.807) is 0 Å². The molecule has 0 spiro atoms. The Balaban J connectivity index is 1.99. The van der Waals surface area contributed by atoms with Crippen LogP contribution in [0.2, 0.25) is 0 Å². The Hall–Kier alpha value is -0.240. The molecule has 1 heterocycles. The van der Waals surface area contributed by atoms with Crippen LogP contribution in [-0.4, -0.2) is 29.3 Å². The number of likely N-dealkylation sites (tertiary alicyclic amines) is 1. The molecule has 1 aliphatic carbocycles. The summed E-state index contributed by atoms with van der Waals surface area (Å²) in [5, 5.41) is 0.159. The Bertz CT molecular complexity index is 227. The maximum Gasteiger partial charge on any atom is 0.228 e. The van der Waals surface area contributed by atoms with Crippen LogP contribution in [0.5, 0.6) is 0 Å². The second kappa shape index (κ2) is 2.88. The van der Waals surface area contributed by atoms with Crippen molar-refractivity contribution in [3.05, 3.63) is 0 Å². The smallest absolute Gasteiger partial charge is 0.228 e. The van der Waals surface area contributed by atoms with Gasteiger partial charge in [-0.1, -0.05) is 13.8 Å². The SMILES string of the molecule is CC1CN(C(=O)C2(C)CC2)CC1Cl. The summed E-state index contributed by atoms with van der Waals surface area (Å²) in [4.78, 5) is 13.8. The molecule has 2 nitrogen and oxygen atoms in total. The van der Waals surface area contributed by atoms with Gasteiger partial charge in [0, 0.05) is 18.5 Å². The molecule has 2 fully saturated rings. The fourth-order valence-electron chi connectivity index (χ4n) is 1.88. The molecule has 3 heteroatoms. The number of halogens is 1. The summed E-state index contributed by atoms with van der Waals surface area (Å²) in [5.41, 5.74) is -0.0271. The highest BCUT2D eigenvalue weighted by Crippen LogP contribution is 2.47. The third-order valence-corrected chi connectivity index (χ3v) is 3.89. The van der Waals surface area contributed by atoms with E-state index < -0.39 is 0 Å². The molecule has 0 aromatic carbocycles. The van der Waals surface area contributed by atoms with E-state index in [4.69, 9.17) is 11.6 Å². The normalized spacial score (nSPS) is 36.4. The van der Waals surface area contributed by atoms with Gasteiger partial charge in [-0.15, -0.1) is 11.6 Å². The summed E-state index contributed by atoms with van der Waals surface area (Å²) < 4.78 is 0. The minimum absolute atomic E-state index is 0.0271. The lowest BCUT2D eigenvalue weighted by Crippen LogP contribution is -2.34. The van der Waals surface area contributed by atoms with Crippen LogP contribution in [0.15, 0.2) is 0 Å². The topological polar surface area (TPSA) is 20.3 Å². The van der Waals surface area contributed by atoms with Gasteiger partial charge >= 0.3 is 0 Å². The Labute approximate surface area is 84.2 Å². The zero-order valence-electron chi connectivity index (χ0n) is 8.22. The first-order chi connectivity index (χ1) is 6.03. The van der Waals surface area contributed by atoms with E-state index in [2.05, 4.69) is 13.8 Å². The zero-order valence-corrected chi connectivity index (χ0v) is 8.97. The molecular weight excluding hydrogens is 186 g/mol. The van der Waals surface area contributed by atoms with Gasteiger partial charge in [-0.2, -0.15) is 0 Å². The lowest BCUT2D eigenvalue weighted by Gasteiger charge is -2.19. The van der Waals surface area contributed by atoms with Gasteiger partial charge in [0.25, 0.3) is 0 Å². The first kappa shape index (κ1) is 9.32. The van der Waals surface area contributed by atoms with E-state index in [1.165, 1.54) is 0 Å². The minimum atomic E-state index is -0.0271. The highest BCUT2D eigenvalue weighted by atomic mass is 35.5. The Morgan fingerprint density at radius 3 is 2.46 bits per heavy atom. The first-order valence-electron chi connectivity index (χ1n) is 4.96. The maximum absolute atomic E-state index is 11.9. The van der Waals surface area contributed by atoms with Crippen LogP contribution in [0.4, 0.5) is 0 Å². The van der Waals surface area contributed by atoms with E-state index in [9.17, 15) is 4.79 Å². The number of nitrogens with zero attached hydrogens (tertiary/aromatic N) is 1. The number of alkyl halides is 1. The van der Waals surface area contributed by atoms with Crippen molar-refractivity contribution in [2.75, 3.05) is 13.1 Å². The Morgan fingerprint density at radius 2 is 2.08 bits per heavy atom. The Kier molecular flexibility index (Phi) is 2.06. The van der Waals surface area contributed by atoms with Crippen molar-refractivity contribution in [2.24, 2.45) is 11.3 Å². The molecule has 0 radical (unpaired) electrons. The van der Waals surface area contributed by atoms with Crippen LogP contribution in [0, 0.1) is 11.3 Å². The second-order valence-corrected chi connectivity index (χ2v) is 5.32. The van der Waals surface area contributed by atoms with Gasteiger partial charge in [0.15, 0.2) is 0 Å². The van der Waals surface area contributed by atoms with Crippen LogP contribution >= 0.6 is 11.6 Å². The maximum atomic E-state index is 11.9. The molecule has 74 valence electrons. The number of hydrogen-bond donors (Lipinski definition) is 0. The van der Waals surface area contributed by atoms with Gasteiger partial charge in [-0.25, -0.2) is 0 Å². The predicted molar refractivity (Wildman–Crippen MR) is 52.7 cm³/mol. The molecule has 1 saturated heterocycles. The van der Waals surface area contributed by atoms with Crippen molar-refractivity contribution >= 4 is 17.5 Å². The molecule has 2 unspecified atom stereocenters. The third-order valence-electron chi connectivity index (χ3n) is 3.32. The molecule has 2 rings (SSSR count). The summed E-state index contributed by atoms with van der Waals surface area (Å²) in [6, 6.07) is 0. The number of rotatable bonds is 1. The van der Waals surface area contributed by atoms with Crippen LogP contribution in [0.25, 0.3) is 0 Å². The third kappa shape index (κ3) is 1.56.